The van der Waals surface area contributed by atoms with Gasteiger partial charge in [0.2, 0.25) is 0 Å². The van der Waals surface area contributed by atoms with Crippen LogP contribution in [0.1, 0.15) is 29.8 Å². The van der Waals surface area contributed by atoms with E-state index in [0.29, 0.717) is 0 Å². The second-order valence-corrected chi connectivity index (χ2v) is 7.62. The Hall–Kier alpha value is -3.52. The molecule has 0 bridgehead atoms. The van der Waals surface area contributed by atoms with Gasteiger partial charge in [-0.15, -0.1) is 0 Å². The highest BCUT2D eigenvalue weighted by atomic mass is 35.5. The molecule has 1 amide bonds. The van der Waals surface area contributed by atoms with Gasteiger partial charge in [0.15, 0.2) is 0 Å². The fourth-order valence-corrected chi connectivity index (χ4v) is 3.30. The zero-order chi connectivity index (χ0) is 22.5. The first-order valence-electron chi connectivity index (χ1n) is 9.52. The monoisotopic (exact) mass is 441 g/mol. The molecule has 0 radical (unpaired) electrons. The number of pyridine rings is 1. The maximum absolute atomic E-state index is 12.7. The summed E-state index contributed by atoms with van der Waals surface area (Å²) in [5.41, 5.74) is 1.29. The Bertz CT molecular complexity index is 1140. The minimum atomic E-state index is -0.929. The van der Waals surface area contributed by atoms with Crippen LogP contribution in [-0.4, -0.2) is 27.8 Å². The summed E-state index contributed by atoms with van der Waals surface area (Å²) in [5.74, 6) is -1.49. The fourth-order valence-electron chi connectivity index (χ4n) is 3.04. The van der Waals surface area contributed by atoms with Gasteiger partial charge in [0.05, 0.1) is 21.0 Å². The lowest BCUT2D eigenvalue weighted by atomic mass is 10.0. The van der Waals surface area contributed by atoms with Gasteiger partial charge in [-0.1, -0.05) is 49.7 Å². The molecule has 0 unspecified atom stereocenters. The van der Waals surface area contributed by atoms with Crippen molar-refractivity contribution in [2.24, 2.45) is 5.92 Å². The molecule has 1 heterocycles. The maximum Gasteiger partial charge on any atom is 0.329 e. The molecule has 0 fully saturated rings. The SMILES string of the molecule is CC(C)[C@H](NC(=O)c1ccc([N+](=O)[O-])cc1Cl)C(=O)OCc1cccc2cccnc12. The van der Waals surface area contributed by atoms with Crippen molar-refractivity contribution in [1.82, 2.24) is 10.3 Å². The molecular weight excluding hydrogens is 422 g/mol. The molecule has 9 heteroatoms. The number of fused-ring (bicyclic) bond motifs is 1. The second kappa shape index (κ2) is 9.53. The Kier molecular flexibility index (Phi) is 6.81. The van der Waals surface area contributed by atoms with Crippen LogP contribution in [0.25, 0.3) is 10.9 Å². The van der Waals surface area contributed by atoms with E-state index in [1.165, 1.54) is 12.1 Å². The molecule has 1 aromatic heterocycles. The van der Waals surface area contributed by atoms with Crippen LogP contribution in [0.2, 0.25) is 5.02 Å². The molecule has 1 atom stereocenters. The Balaban J connectivity index is 1.72. The summed E-state index contributed by atoms with van der Waals surface area (Å²) < 4.78 is 5.46. The highest BCUT2D eigenvalue weighted by molar-refractivity contribution is 6.34. The third-order valence-corrected chi connectivity index (χ3v) is 5.01. The van der Waals surface area contributed by atoms with E-state index in [0.717, 1.165) is 22.5 Å². The van der Waals surface area contributed by atoms with Gasteiger partial charge >= 0.3 is 5.97 Å². The molecule has 0 spiro atoms. The first-order valence-corrected chi connectivity index (χ1v) is 9.89. The summed E-state index contributed by atoms with van der Waals surface area (Å²) in [6.07, 6.45) is 1.67. The van der Waals surface area contributed by atoms with Crippen LogP contribution < -0.4 is 5.32 Å². The van der Waals surface area contributed by atoms with Gasteiger partial charge < -0.3 is 10.1 Å². The first-order chi connectivity index (χ1) is 14.8. The Morgan fingerprint density at radius 2 is 1.94 bits per heavy atom. The van der Waals surface area contributed by atoms with Crippen molar-refractivity contribution in [3.05, 3.63) is 81.0 Å². The number of nitrogens with one attached hydrogen (secondary N) is 1. The highest BCUT2D eigenvalue weighted by Crippen LogP contribution is 2.23. The molecule has 1 N–H and O–H groups in total. The normalized spacial score (nSPS) is 11.9. The van der Waals surface area contributed by atoms with Crippen LogP contribution >= 0.6 is 11.6 Å². The number of nitrogens with zero attached hydrogens (tertiary/aromatic N) is 2. The van der Waals surface area contributed by atoms with Crippen LogP contribution in [0.3, 0.4) is 0 Å². The predicted octanol–water partition coefficient (Wildman–Crippen LogP) is 4.29. The summed E-state index contributed by atoms with van der Waals surface area (Å²) in [4.78, 5) is 39.9. The van der Waals surface area contributed by atoms with Gasteiger partial charge in [-0.25, -0.2) is 4.79 Å². The van der Waals surface area contributed by atoms with E-state index in [4.69, 9.17) is 16.3 Å². The summed E-state index contributed by atoms with van der Waals surface area (Å²) in [7, 11) is 0. The lowest BCUT2D eigenvalue weighted by Crippen LogP contribution is -2.45. The third kappa shape index (κ3) is 5.16. The number of non-ortho nitro benzene ring substituents is 1. The number of ether oxygens (including phenoxy) is 1. The van der Waals surface area contributed by atoms with Crippen molar-refractivity contribution >= 4 is 40.1 Å². The molecule has 3 rings (SSSR count). The molecular formula is C22H20ClN3O5. The van der Waals surface area contributed by atoms with Gasteiger partial charge in [0.1, 0.15) is 12.6 Å². The summed E-state index contributed by atoms with van der Waals surface area (Å²) in [5, 5.41) is 14.3. The number of nitro groups is 1. The van der Waals surface area contributed by atoms with Crippen molar-refractivity contribution in [3.63, 3.8) is 0 Å². The number of rotatable bonds is 7. The predicted molar refractivity (Wildman–Crippen MR) is 116 cm³/mol. The van der Waals surface area contributed by atoms with Crippen molar-refractivity contribution < 1.29 is 19.2 Å². The summed E-state index contributed by atoms with van der Waals surface area (Å²) >= 11 is 6.02. The van der Waals surface area contributed by atoms with Crippen LogP contribution in [0.5, 0.6) is 0 Å². The first kappa shape index (κ1) is 22.2. The van der Waals surface area contributed by atoms with Crippen molar-refractivity contribution in [1.29, 1.82) is 0 Å². The number of para-hydroxylation sites is 1. The number of benzene rings is 2. The Labute approximate surface area is 183 Å². The average molecular weight is 442 g/mol. The quantitative estimate of drug-likeness (QED) is 0.332. The highest BCUT2D eigenvalue weighted by Gasteiger charge is 2.27. The van der Waals surface area contributed by atoms with Crippen LogP contribution in [0.4, 0.5) is 5.69 Å². The van der Waals surface area contributed by atoms with E-state index in [2.05, 4.69) is 10.3 Å². The standard InChI is InChI=1S/C22H20ClN3O5/c1-13(2)19(25-21(27)17-9-8-16(26(29)30)11-18(17)23)22(28)31-12-15-6-3-5-14-7-4-10-24-20(14)15/h3-11,13,19H,12H2,1-2H3,(H,25,27)/t19-/m0/s1. The molecule has 0 saturated carbocycles. The minimum Gasteiger partial charge on any atom is -0.459 e. The van der Waals surface area contributed by atoms with Gasteiger partial charge in [0, 0.05) is 29.3 Å². The van der Waals surface area contributed by atoms with E-state index in [-0.39, 0.29) is 28.8 Å². The van der Waals surface area contributed by atoms with E-state index in [1.807, 2.05) is 30.3 Å². The molecule has 8 nitrogen and oxygen atoms in total. The van der Waals surface area contributed by atoms with Crippen LogP contribution in [-0.2, 0) is 16.1 Å². The smallest absolute Gasteiger partial charge is 0.329 e. The number of carbonyl (C=O) groups is 2. The van der Waals surface area contributed by atoms with E-state index in [1.54, 1.807) is 20.0 Å². The van der Waals surface area contributed by atoms with Gasteiger partial charge in [-0.05, 0) is 18.1 Å². The average Bonchev–Trinajstić information content (AvgIpc) is 2.75. The van der Waals surface area contributed by atoms with Crippen molar-refractivity contribution in [2.75, 3.05) is 0 Å². The molecule has 0 aliphatic rings. The fraction of sp³-hybridized carbons (Fsp3) is 0.227. The molecule has 31 heavy (non-hydrogen) atoms. The second-order valence-electron chi connectivity index (χ2n) is 7.22. The summed E-state index contributed by atoms with van der Waals surface area (Å²) in [6, 6.07) is 11.9. The number of aromatic nitrogens is 1. The zero-order valence-electron chi connectivity index (χ0n) is 16.9. The summed E-state index contributed by atoms with van der Waals surface area (Å²) in [6.45, 7) is 3.54. The lowest BCUT2D eigenvalue weighted by Gasteiger charge is -2.21. The van der Waals surface area contributed by atoms with Gasteiger partial charge in [0.25, 0.3) is 11.6 Å². The van der Waals surface area contributed by atoms with Crippen LogP contribution in [0.15, 0.2) is 54.7 Å². The Morgan fingerprint density at radius 1 is 1.19 bits per heavy atom. The van der Waals surface area contributed by atoms with E-state index in [9.17, 15) is 19.7 Å². The number of amides is 1. The molecule has 0 aliphatic heterocycles. The van der Waals surface area contributed by atoms with Gasteiger partial charge in [-0.2, -0.15) is 0 Å². The number of hydrogen-bond donors (Lipinski definition) is 1. The number of carbonyl (C=O) groups excluding carboxylic acids is 2. The van der Waals surface area contributed by atoms with E-state index < -0.39 is 22.8 Å². The van der Waals surface area contributed by atoms with Crippen molar-refractivity contribution in [3.8, 4) is 0 Å². The Morgan fingerprint density at radius 3 is 2.61 bits per heavy atom. The number of hydrogen-bond acceptors (Lipinski definition) is 6. The lowest BCUT2D eigenvalue weighted by molar-refractivity contribution is -0.384. The number of halogens is 1. The minimum absolute atomic E-state index is 0.00453. The molecule has 160 valence electrons. The molecule has 3 aromatic rings. The van der Waals surface area contributed by atoms with E-state index >= 15 is 0 Å². The van der Waals surface area contributed by atoms with Crippen LogP contribution in [0, 0.1) is 16.0 Å². The number of nitro benzene ring substituents is 1. The largest absolute Gasteiger partial charge is 0.459 e. The molecule has 0 saturated heterocycles. The third-order valence-electron chi connectivity index (χ3n) is 4.70. The number of esters is 1. The molecule has 2 aromatic carbocycles. The van der Waals surface area contributed by atoms with Gasteiger partial charge in [-0.3, -0.25) is 19.9 Å². The maximum atomic E-state index is 12.7. The van der Waals surface area contributed by atoms with Crippen molar-refractivity contribution in [2.45, 2.75) is 26.5 Å². The topological polar surface area (TPSA) is 111 Å². The molecule has 0 aliphatic carbocycles. The zero-order valence-corrected chi connectivity index (χ0v) is 17.6.